The van der Waals surface area contributed by atoms with Crippen molar-refractivity contribution in [3.63, 3.8) is 0 Å². The van der Waals surface area contributed by atoms with E-state index < -0.39 is 17.9 Å². The van der Waals surface area contributed by atoms with Crippen molar-refractivity contribution < 1.29 is 24.5 Å². The van der Waals surface area contributed by atoms with Crippen LogP contribution < -0.4 is 10.1 Å². The van der Waals surface area contributed by atoms with Gasteiger partial charge in [0.2, 0.25) is 0 Å². The number of ether oxygens (including phenoxy) is 1. The van der Waals surface area contributed by atoms with Crippen molar-refractivity contribution in [2.24, 2.45) is 0 Å². The monoisotopic (exact) mass is 281 g/mol. The van der Waals surface area contributed by atoms with Crippen molar-refractivity contribution in [1.82, 2.24) is 5.32 Å². The smallest absolute Gasteiger partial charge is 0.305 e. The SMILES string of the molecule is CCCC(CC(=O)O)NC(=O)c1cccc(OC)c1O. The molecule has 6 heteroatoms. The molecule has 1 aromatic carbocycles. The number of phenolic OH excluding ortho intramolecular Hbond substituents is 1. The van der Waals surface area contributed by atoms with Gasteiger partial charge in [0, 0.05) is 6.04 Å². The highest BCUT2D eigenvalue weighted by Crippen LogP contribution is 2.29. The van der Waals surface area contributed by atoms with Crippen LogP contribution in [-0.2, 0) is 4.79 Å². The molecule has 1 rings (SSSR count). The van der Waals surface area contributed by atoms with E-state index in [4.69, 9.17) is 9.84 Å². The molecule has 3 N–H and O–H groups in total. The van der Waals surface area contributed by atoms with E-state index in [2.05, 4.69) is 5.32 Å². The summed E-state index contributed by atoms with van der Waals surface area (Å²) in [6.07, 6.45) is 1.16. The number of phenols is 1. The zero-order chi connectivity index (χ0) is 15.1. The first kappa shape index (κ1) is 15.8. The van der Waals surface area contributed by atoms with E-state index in [-0.39, 0.29) is 23.5 Å². The van der Waals surface area contributed by atoms with Crippen LogP contribution in [0.1, 0.15) is 36.5 Å². The summed E-state index contributed by atoms with van der Waals surface area (Å²) < 4.78 is 4.93. The molecule has 0 radical (unpaired) electrons. The predicted molar refractivity (Wildman–Crippen MR) is 73.1 cm³/mol. The lowest BCUT2D eigenvalue weighted by atomic mass is 10.1. The molecule has 1 amide bonds. The summed E-state index contributed by atoms with van der Waals surface area (Å²) in [4.78, 5) is 22.8. The fraction of sp³-hybridized carbons (Fsp3) is 0.429. The maximum atomic E-state index is 12.1. The van der Waals surface area contributed by atoms with Crippen molar-refractivity contribution in [1.29, 1.82) is 0 Å². The number of methoxy groups -OCH3 is 1. The molecule has 0 saturated heterocycles. The van der Waals surface area contributed by atoms with E-state index in [0.29, 0.717) is 6.42 Å². The van der Waals surface area contributed by atoms with Crippen molar-refractivity contribution >= 4 is 11.9 Å². The Balaban J connectivity index is 2.86. The lowest BCUT2D eigenvalue weighted by Gasteiger charge is -2.17. The highest BCUT2D eigenvalue weighted by molar-refractivity contribution is 5.98. The standard InChI is InChI=1S/C14H19NO5/c1-3-5-9(8-12(16)17)15-14(19)10-6-4-7-11(20-2)13(10)18/h4,6-7,9,18H,3,5,8H2,1-2H3,(H,15,19)(H,16,17). The van der Waals surface area contributed by atoms with E-state index in [0.717, 1.165) is 6.42 Å². The molecular formula is C14H19NO5. The zero-order valence-corrected chi connectivity index (χ0v) is 11.5. The van der Waals surface area contributed by atoms with E-state index in [9.17, 15) is 14.7 Å². The first-order valence-corrected chi connectivity index (χ1v) is 6.38. The Labute approximate surface area is 117 Å². The summed E-state index contributed by atoms with van der Waals surface area (Å²) in [6, 6.07) is 4.11. The topological polar surface area (TPSA) is 95.9 Å². The van der Waals surface area contributed by atoms with Crippen LogP contribution in [-0.4, -0.2) is 35.2 Å². The number of carboxylic acids is 1. The maximum Gasteiger partial charge on any atom is 0.305 e. The van der Waals surface area contributed by atoms with Crippen molar-refractivity contribution in [2.75, 3.05) is 7.11 Å². The summed E-state index contributed by atoms with van der Waals surface area (Å²) >= 11 is 0. The average molecular weight is 281 g/mol. The van der Waals surface area contributed by atoms with Crippen LogP contribution >= 0.6 is 0 Å². The molecule has 0 aliphatic rings. The molecule has 0 aromatic heterocycles. The molecular weight excluding hydrogens is 262 g/mol. The number of carbonyl (C=O) groups is 2. The number of carboxylic acid groups (broad SMARTS) is 1. The van der Waals surface area contributed by atoms with E-state index >= 15 is 0 Å². The van der Waals surface area contributed by atoms with Gasteiger partial charge >= 0.3 is 5.97 Å². The van der Waals surface area contributed by atoms with Crippen LogP contribution in [0, 0.1) is 0 Å². The minimum absolute atomic E-state index is 0.0656. The van der Waals surface area contributed by atoms with Gasteiger partial charge in [-0.15, -0.1) is 0 Å². The second kappa shape index (κ2) is 7.37. The molecule has 20 heavy (non-hydrogen) atoms. The molecule has 0 aliphatic carbocycles. The number of para-hydroxylation sites is 1. The van der Waals surface area contributed by atoms with E-state index in [1.807, 2.05) is 6.92 Å². The molecule has 1 unspecified atom stereocenters. The van der Waals surface area contributed by atoms with Crippen molar-refractivity contribution in [3.05, 3.63) is 23.8 Å². The quantitative estimate of drug-likeness (QED) is 0.708. The third kappa shape index (κ3) is 4.15. The molecule has 0 aliphatic heterocycles. The van der Waals surface area contributed by atoms with Gasteiger partial charge in [0.1, 0.15) is 0 Å². The minimum atomic E-state index is -0.974. The van der Waals surface area contributed by atoms with Crippen LogP contribution in [0.3, 0.4) is 0 Å². The number of carbonyl (C=O) groups excluding carboxylic acids is 1. The van der Waals surface area contributed by atoms with E-state index in [1.165, 1.54) is 19.2 Å². The van der Waals surface area contributed by atoms with Gasteiger partial charge in [-0.3, -0.25) is 9.59 Å². The lowest BCUT2D eigenvalue weighted by molar-refractivity contribution is -0.137. The maximum absolute atomic E-state index is 12.1. The average Bonchev–Trinajstić information content (AvgIpc) is 2.38. The normalized spacial score (nSPS) is 11.7. The highest BCUT2D eigenvalue weighted by atomic mass is 16.5. The van der Waals surface area contributed by atoms with Gasteiger partial charge in [-0.25, -0.2) is 0 Å². The number of benzene rings is 1. The Morgan fingerprint density at radius 3 is 2.65 bits per heavy atom. The van der Waals surface area contributed by atoms with Gasteiger partial charge in [-0.05, 0) is 18.6 Å². The number of rotatable bonds is 7. The molecule has 6 nitrogen and oxygen atoms in total. The number of aliphatic carboxylic acids is 1. The van der Waals surface area contributed by atoms with Crippen LogP contribution in [0.25, 0.3) is 0 Å². The predicted octanol–water partition coefficient (Wildman–Crippen LogP) is 1.77. The Morgan fingerprint density at radius 2 is 2.10 bits per heavy atom. The van der Waals surface area contributed by atoms with Crippen LogP contribution in [0.2, 0.25) is 0 Å². The summed E-state index contributed by atoms with van der Waals surface area (Å²) in [5.74, 6) is -1.54. The minimum Gasteiger partial charge on any atom is -0.504 e. The Bertz CT molecular complexity index is 486. The van der Waals surface area contributed by atoms with Crippen LogP contribution in [0.5, 0.6) is 11.5 Å². The lowest BCUT2D eigenvalue weighted by Crippen LogP contribution is -2.36. The van der Waals surface area contributed by atoms with Gasteiger partial charge in [-0.2, -0.15) is 0 Å². The Kier molecular flexibility index (Phi) is 5.83. The summed E-state index contributed by atoms with van der Waals surface area (Å²) in [5.41, 5.74) is 0.0656. The first-order valence-electron chi connectivity index (χ1n) is 6.38. The number of hydrogen-bond acceptors (Lipinski definition) is 4. The van der Waals surface area contributed by atoms with Crippen LogP contribution in [0.15, 0.2) is 18.2 Å². The number of aromatic hydroxyl groups is 1. The highest BCUT2D eigenvalue weighted by Gasteiger charge is 2.19. The summed E-state index contributed by atoms with van der Waals surface area (Å²) in [6.45, 7) is 1.91. The zero-order valence-electron chi connectivity index (χ0n) is 11.5. The molecule has 1 atom stereocenters. The van der Waals surface area contributed by atoms with Gasteiger partial charge in [0.25, 0.3) is 5.91 Å². The second-order valence-corrected chi connectivity index (χ2v) is 4.41. The van der Waals surface area contributed by atoms with Crippen molar-refractivity contribution in [2.45, 2.75) is 32.2 Å². The molecule has 110 valence electrons. The van der Waals surface area contributed by atoms with E-state index in [1.54, 1.807) is 6.07 Å². The fourth-order valence-electron chi connectivity index (χ4n) is 1.92. The van der Waals surface area contributed by atoms with Gasteiger partial charge in [0.05, 0.1) is 19.1 Å². The molecule has 0 fully saturated rings. The molecule has 0 heterocycles. The third-order valence-corrected chi connectivity index (χ3v) is 2.86. The van der Waals surface area contributed by atoms with Gasteiger partial charge < -0.3 is 20.3 Å². The van der Waals surface area contributed by atoms with Crippen molar-refractivity contribution in [3.8, 4) is 11.5 Å². The molecule has 0 bridgehead atoms. The molecule has 0 saturated carbocycles. The largest absolute Gasteiger partial charge is 0.504 e. The molecule has 0 spiro atoms. The van der Waals surface area contributed by atoms with Gasteiger partial charge in [-0.1, -0.05) is 19.4 Å². The third-order valence-electron chi connectivity index (χ3n) is 2.86. The van der Waals surface area contributed by atoms with Gasteiger partial charge in [0.15, 0.2) is 11.5 Å². The summed E-state index contributed by atoms with van der Waals surface area (Å²) in [5, 5.41) is 21.3. The van der Waals surface area contributed by atoms with Crippen LogP contribution in [0.4, 0.5) is 0 Å². The fourth-order valence-corrected chi connectivity index (χ4v) is 1.92. The first-order chi connectivity index (χ1) is 9.49. The summed E-state index contributed by atoms with van der Waals surface area (Å²) in [7, 11) is 1.39. The number of nitrogens with one attached hydrogen (secondary N) is 1. The Hall–Kier alpha value is -2.24. The number of hydrogen-bond donors (Lipinski definition) is 3. The second-order valence-electron chi connectivity index (χ2n) is 4.41. The Morgan fingerprint density at radius 1 is 1.40 bits per heavy atom. The number of amides is 1. The molecule has 1 aromatic rings.